The molecule has 0 aliphatic heterocycles. The van der Waals surface area contributed by atoms with Gasteiger partial charge in [-0.3, -0.25) is 0 Å². The number of rotatable bonds is 3. The molecule has 1 fully saturated rings. The first-order chi connectivity index (χ1) is 6.26. The molecule has 0 amide bonds. The van der Waals surface area contributed by atoms with Crippen LogP contribution in [0.4, 0.5) is 0 Å². The maximum Gasteiger partial charge on any atom is 0.0690 e. The lowest BCUT2D eigenvalue weighted by Crippen LogP contribution is -2.28. The quantitative estimate of drug-likeness (QED) is 0.727. The molecule has 0 aromatic heterocycles. The standard InChI is InChI=1S/C11H19NO/c1-2-10-4-3-5-11(8-10,9-12)6-7-13/h10,13H,2-8H2,1H3. The minimum atomic E-state index is -0.201. The zero-order chi connectivity index (χ0) is 9.73. The van der Waals surface area contributed by atoms with Crippen molar-refractivity contribution in [2.24, 2.45) is 11.3 Å². The number of aliphatic hydroxyl groups excluding tert-OH is 1. The summed E-state index contributed by atoms with van der Waals surface area (Å²) in [4.78, 5) is 0. The fraction of sp³-hybridized carbons (Fsp3) is 0.909. The second-order valence-electron chi connectivity index (χ2n) is 4.24. The van der Waals surface area contributed by atoms with Crippen LogP contribution < -0.4 is 0 Å². The van der Waals surface area contributed by atoms with Gasteiger partial charge >= 0.3 is 0 Å². The van der Waals surface area contributed by atoms with Gasteiger partial charge in [0.05, 0.1) is 11.5 Å². The van der Waals surface area contributed by atoms with Gasteiger partial charge in [0.2, 0.25) is 0 Å². The van der Waals surface area contributed by atoms with Gasteiger partial charge in [-0.25, -0.2) is 0 Å². The summed E-state index contributed by atoms with van der Waals surface area (Å²) in [7, 11) is 0. The summed E-state index contributed by atoms with van der Waals surface area (Å²) in [6.45, 7) is 2.35. The molecule has 1 N–H and O–H groups in total. The van der Waals surface area contributed by atoms with Crippen LogP contribution in [0.15, 0.2) is 0 Å². The normalized spacial score (nSPS) is 34.1. The molecular formula is C11H19NO. The van der Waals surface area contributed by atoms with Crippen LogP contribution in [0.1, 0.15) is 45.4 Å². The first kappa shape index (κ1) is 10.5. The van der Waals surface area contributed by atoms with E-state index < -0.39 is 0 Å². The van der Waals surface area contributed by atoms with Crippen molar-refractivity contribution in [1.29, 1.82) is 5.26 Å². The van der Waals surface area contributed by atoms with Crippen LogP contribution in [0.2, 0.25) is 0 Å². The van der Waals surface area contributed by atoms with E-state index in [4.69, 9.17) is 10.4 Å². The molecule has 1 rings (SSSR count). The largest absolute Gasteiger partial charge is 0.396 e. The Balaban J connectivity index is 2.59. The van der Waals surface area contributed by atoms with Crippen LogP contribution in [0.3, 0.4) is 0 Å². The second-order valence-corrected chi connectivity index (χ2v) is 4.24. The molecule has 0 aromatic rings. The molecule has 13 heavy (non-hydrogen) atoms. The Morgan fingerprint density at radius 3 is 2.92 bits per heavy atom. The van der Waals surface area contributed by atoms with Crippen molar-refractivity contribution < 1.29 is 5.11 Å². The van der Waals surface area contributed by atoms with Gasteiger partial charge in [0.15, 0.2) is 0 Å². The van der Waals surface area contributed by atoms with Crippen molar-refractivity contribution in [2.45, 2.75) is 45.4 Å². The SMILES string of the molecule is CCC1CCCC(C#N)(CCO)C1. The predicted octanol–water partition coefficient (Wildman–Crippen LogP) is 2.48. The Kier molecular flexibility index (Phi) is 3.74. The van der Waals surface area contributed by atoms with Crippen molar-refractivity contribution >= 4 is 0 Å². The van der Waals surface area contributed by atoms with Gasteiger partial charge in [0, 0.05) is 6.61 Å². The maximum atomic E-state index is 9.12. The zero-order valence-corrected chi connectivity index (χ0v) is 8.42. The van der Waals surface area contributed by atoms with Crippen molar-refractivity contribution in [1.82, 2.24) is 0 Å². The van der Waals surface area contributed by atoms with Crippen LogP contribution in [-0.4, -0.2) is 11.7 Å². The molecule has 0 saturated heterocycles. The third-order valence-electron chi connectivity index (χ3n) is 3.35. The third kappa shape index (κ3) is 2.45. The summed E-state index contributed by atoms with van der Waals surface area (Å²) in [5, 5.41) is 18.0. The van der Waals surface area contributed by atoms with E-state index in [0.29, 0.717) is 12.3 Å². The molecular weight excluding hydrogens is 162 g/mol. The summed E-state index contributed by atoms with van der Waals surface area (Å²) >= 11 is 0. The number of aliphatic hydroxyl groups is 1. The van der Waals surface area contributed by atoms with Gasteiger partial charge in [0.1, 0.15) is 0 Å². The second kappa shape index (κ2) is 4.62. The molecule has 0 radical (unpaired) electrons. The highest BCUT2D eigenvalue weighted by Gasteiger charge is 2.35. The highest BCUT2D eigenvalue weighted by Crippen LogP contribution is 2.42. The molecule has 0 heterocycles. The molecule has 1 aliphatic carbocycles. The van der Waals surface area contributed by atoms with Gasteiger partial charge in [-0.15, -0.1) is 0 Å². The third-order valence-corrected chi connectivity index (χ3v) is 3.35. The average Bonchev–Trinajstić information content (AvgIpc) is 2.19. The Morgan fingerprint density at radius 2 is 2.38 bits per heavy atom. The Labute approximate surface area is 80.6 Å². The van der Waals surface area contributed by atoms with E-state index in [1.807, 2.05) is 0 Å². The highest BCUT2D eigenvalue weighted by atomic mass is 16.3. The summed E-state index contributed by atoms with van der Waals surface area (Å²) in [5.74, 6) is 0.708. The smallest absolute Gasteiger partial charge is 0.0690 e. The van der Waals surface area contributed by atoms with Crippen LogP contribution in [0.25, 0.3) is 0 Å². The van der Waals surface area contributed by atoms with Gasteiger partial charge in [-0.1, -0.05) is 26.2 Å². The lowest BCUT2D eigenvalue weighted by molar-refractivity contribution is 0.145. The summed E-state index contributed by atoms with van der Waals surface area (Å²) in [6.07, 6.45) is 6.26. The van der Waals surface area contributed by atoms with Crippen molar-refractivity contribution in [3.63, 3.8) is 0 Å². The molecule has 2 nitrogen and oxygen atoms in total. The van der Waals surface area contributed by atoms with Gasteiger partial charge in [0.25, 0.3) is 0 Å². The molecule has 0 spiro atoms. The first-order valence-corrected chi connectivity index (χ1v) is 5.28. The van der Waals surface area contributed by atoms with Gasteiger partial charge in [-0.05, 0) is 25.2 Å². The molecule has 0 aromatic carbocycles. The molecule has 2 unspecified atom stereocenters. The first-order valence-electron chi connectivity index (χ1n) is 5.28. The van der Waals surface area contributed by atoms with Gasteiger partial charge < -0.3 is 5.11 Å². The topological polar surface area (TPSA) is 44.0 Å². The fourth-order valence-electron chi connectivity index (χ4n) is 2.43. The Hall–Kier alpha value is -0.550. The predicted molar refractivity (Wildman–Crippen MR) is 52.0 cm³/mol. The molecule has 1 saturated carbocycles. The van der Waals surface area contributed by atoms with E-state index in [9.17, 15) is 0 Å². The summed E-state index contributed by atoms with van der Waals surface area (Å²) < 4.78 is 0. The Morgan fingerprint density at radius 1 is 1.62 bits per heavy atom. The average molecular weight is 181 g/mol. The molecule has 74 valence electrons. The van der Waals surface area contributed by atoms with Crippen molar-refractivity contribution in [2.75, 3.05) is 6.61 Å². The van der Waals surface area contributed by atoms with Crippen LogP contribution in [0, 0.1) is 22.7 Å². The molecule has 1 aliphatic rings. The number of nitriles is 1. The highest BCUT2D eigenvalue weighted by molar-refractivity contribution is 5.01. The lowest BCUT2D eigenvalue weighted by atomic mass is 9.68. The molecule has 2 atom stereocenters. The van der Waals surface area contributed by atoms with Crippen molar-refractivity contribution in [3.8, 4) is 6.07 Å². The monoisotopic (exact) mass is 181 g/mol. The van der Waals surface area contributed by atoms with Crippen molar-refractivity contribution in [3.05, 3.63) is 0 Å². The van der Waals surface area contributed by atoms with E-state index in [1.165, 1.54) is 12.8 Å². The minimum Gasteiger partial charge on any atom is -0.396 e. The zero-order valence-electron chi connectivity index (χ0n) is 8.42. The Bertz CT molecular complexity index is 193. The van der Waals surface area contributed by atoms with Crippen LogP contribution >= 0.6 is 0 Å². The van der Waals surface area contributed by atoms with Crippen LogP contribution in [0.5, 0.6) is 0 Å². The lowest BCUT2D eigenvalue weighted by Gasteiger charge is -2.35. The number of nitrogens with zero attached hydrogens (tertiary/aromatic N) is 1. The van der Waals surface area contributed by atoms with E-state index >= 15 is 0 Å². The fourth-order valence-corrected chi connectivity index (χ4v) is 2.43. The van der Waals surface area contributed by atoms with Gasteiger partial charge in [-0.2, -0.15) is 5.26 Å². The number of hydrogen-bond donors (Lipinski definition) is 1. The van der Waals surface area contributed by atoms with E-state index in [-0.39, 0.29) is 12.0 Å². The number of hydrogen-bond acceptors (Lipinski definition) is 2. The van der Waals surface area contributed by atoms with Crippen LogP contribution in [-0.2, 0) is 0 Å². The molecule has 0 bridgehead atoms. The van der Waals surface area contributed by atoms with E-state index in [0.717, 1.165) is 19.3 Å². The summed E-state index contributed by atoms with van der Waals surface area (Å²) in [5.41, 5.74) is -0.201. The summed E-state index contributed by atoms with van der Waals surface area (Å²) in [6, 6.07) is 2.42. The minimum absolute atomic E-state index is 0.157. The maximum absolute atomic E-state index is 9.12. The van der Waals surface area contributed by atoms with E-state index in [1.54, 1.807) is 0 Å². The molecule has 2 heteroatoms. The van der Waals surface area contributed by atoms with E-state index in [2.05, 4.69) is 13.0 Å².